The number of rotatable bonds is 5. The Morgan fingerprint density at radius 2 is 1.61 bits per heavy atom. The number of nitrogens with zero attached hydrogens (tertiary/aromatic N) is 2. The van der Waals surface area contributed by atoms with E-state index in [4.69, 9.17) is 0 Å². The van der Waals surface area contributed by atoms with Crippen LogP contribution >= 0.6 is 0 Å². The lowest BCUT2D eigenvalue weighted by Crippen LogP contribution is -2.37. The lowest BCUT2D eigenvalue weighted by atomic mass is 10.0. The van der Waals surface area contributed by atoms with Gasteiger partial charge in [-0.3, -0.25) is 9.59 Å². The van der Waals surface area contributed by atoms with Gasteiger partial charge in [0.2, 0.25) is 15.9 Å². The van der Waals surface area contributed by atoms with Crippen LogP contribution in [0.5, 0.6) is 0 Å². The third-order valence-electron chi connectivity index (χ3n) is 6.01. The maximum atomic E-state index is 12.8. The summed E-state index contributed by atoms with van der Waals surface area (Å²) in [5.41, 5.74) is 1.78. The van der Waals surface area contributed by atoms with Gasteiger partial charge >= 0.3 is 0 Å². The molecule has 7 nitrogen and oxygen atoms in total. The molecule has 2 aliphatic rings. The fourth-order valence-corrected chi connectivity index (χ4v) is 5.47. The van der Waals surface area contributed by atoms with Crippen molar-refractivity contribution in [3.63, 3.8) is 0 Å². The quantitative estimate of drug-likeness (QED) is 0.770. The van der Waals surface area contributed by atoms with Crippen LogP contribution in [0.3, 0.4) is 0 Å². The first-order valence-corrected chi connectivity index (χ1v) is 12.1. The average Bonchev–Trinajstić information content (AvgIpc) is 3.20. The number of anilines is 2. The van der Waals surface area contributed by atoms with Gasteiger partial charge in [0, 0.05) is 43.0 Å². The SMILES string of the molecule is CC1CCN(S(=O)(=O)c2ccc(NC(=O)c3ccc(N4CCCC4=O)cc3)cc2)CC1. The molecule has 1 N–H and O–H groups in total. The summed E-state index contributed by atoms with van der Waals surface area (Å²) < 4.78 is 27.2. The first kappa shape index (κ1) is 21.5. The second kappa shape index (κ2) is 8.80. The van der Waals surface area contributed by atoms with Crippen LogP contribution in [-0.2, 0) is 14.8 Å². The molecule has 0 spiro atoms. The van der Waals surface area contributed by atoms with E-state index in [0.29, 0.717) is 43.2 Å². The molecule has 0 aromatic heterocycles. The third kappa shape index (κ3) is 4.65. The fourth-order valence-electron chi connectivity index (χ4n) is 4.00. The largest absolute Gasteiger partial charge is 0.322 e. The van der Waals surface area contributed by atoms with Gasteiger partial charge < -0.3 is 10.2 Å². The van der Waals surface area contributed by atoms with Crippen molar-refractivity contribution < 1.29 is 18.0 Å². The third-order valence-corrected chi connectivity index (χ3v) is 7.92. The van der Waals surface area contributed by atoms with Crippen molar-refractivity contribution >= 4 is 33.2 Å². The minimum absolute atomic E-state index is 0.103. The molecule has 0 radical (unpaired) electrons. The molecule has 2 heterocycles. The van der Waals surface area contributed by atoms with Gasteiger partial charge in [-0.05, 0) is 73.7 Å². The summed E-state index contributed by atoms with van der Waals surface area (Å²) in [4.78, 5) is 26.4. The minimum Gasteiger partial charge on any atom is -0.322 e. The molecule has 2 saturated heterocycles. The van der Waals surface area contributed by atoms with Crippen LogP contribution in [0.15, 0.2) is 53.4 Å². The van der Waals surface area contributed by atoms with E-state index in [2.05, 4.69) is 12.2 Å². The van der Waals surface area contributed by atoms with Gasteiger partial charge in [0.25, 0.3) is 5.91 Å². The second-order valence-corrected chi connectivity index (χ2v) is 10.2. The van der Waals surface area contributed by atoms with Gasteiger partial charge in [0.15, 0.2) is 0 Å². The first-order valence-electron chi connectivity index (χ1n) is 10.7. The summed E-state index contributed by atoms with van der Waals surface area (Å²) in [6.07, 6.45) is 3.16. The number of benzene rings is 2. The Bertz CT molecular complexity index is 1060. The van der Waals surface area contributed by atoms with Gasteiger partial charge in [0.1, 0.15) is 0 Å². The number of carbonyl (C=O) groups is 2. The minimum atomic E-state index is -3.51. The molecule has 2 aliphatic heterocycles. The highest BCUT2D eigenvalue weighted by Crippen LogP contribution is 2.25. The number of hydrogen-bond acceptors (Lipinski definition) is 4. The molecule has 2 aromatic carbocycles. The molecule has 2 aromatic rings. The van der Waals surface area contributed by atoms with Crippen LogP contribution in [0.25, 0.3) is 0 Å². The molecule has 8 heteroatoms. The normalized spacial score (nSPS) is 18.4. The predicted molar refractivity (Wildman–Crippen MR) is 120 cm³/mol. The number of piperidine rings is 1. The van der Waals surface area contributed by atoms with Crippen molar-refractivity contribution in [2.24, 2.45) is 5.92 Å². The van der Waals surface area contributed by atoms with Crippen molar-refractivity contribution in [3.8, 4) is 0 Å². The van der Waals surface area contributed by atoms with E-state index in [9.17, 15) is 18.0 Å². The van der Waals surface area contributed by atoms with Crippen LogP contribution in [0.2, 0.25) is 0 Å². The molecule has 31 heavy (non-hydrogen) atoms. The average molecular weight is 442 g/mol. The summed E-state index contributed by atoms with van der Waals surface area (Å²) in [6, 6.07) is 13.2. The second-order valence-electron chi connectivity index (χ2n) is 8.26. The molecule has 164 valence electrons. The lowest BCUT2D eigenvalue weighted by Gasteiger charge is -2.29. The van der Waals surface area contributed by atoms with Gasteiger partial charge in [-0.2, -0.15) is 4.31 Å². The van der Waals surface area contributed by atoms with Crippen LogP contribution in [0, 0.1) is 5.92 Å². The Kier molecular flexibility index (Phi) is 6.11. The molecule has 0 aliphatic carbocycles. The molecule has 0 unspecified atom stereocenters. The van der Waals surface area contributed by atoms with Crippen molar-refractivity contribution in [2.45, 2.75) is 37.5 Å². The van der Waals surface area contributed by atoms with E-state index in [0.717, 1.165) is 24.9 Å². The standard InChI is InChI=1S/C23H27N3O4S/c1-17-12-15-25(16-13-17)31(29,30)21-10-6-19(7-11-21)24-23(28)18-4-8-20(9-5-18)26-14-2-3-22(26)27/h4-11,17H,2-3,12-16H2,1H3,(H,24,28). The number of amides is 2. The molecule has 2 fully saturated rings. The molecular weight excluding hydrogens is 414 g/mol. The number of hydrogen-bond donors (Lipinski definition) is 1. The topological polar surface area (TPSA) is 86.8 Å². The zero-order chi connectivity index (χ0) is 22.0. The number of sulfonamides is 1. The monoisotopic (exact) mass is 441 g/mol. The highest BCUT2D eigenvalue weighted by atomic mass is 32.2. The maximum absolute atomic E-state index is 12.8. The van der Waals surface area contributed by atoms with Crippen LogP contribution in [0.1, 0.15) is 43.0 Å². The van der Waals surface area contributed by atoms with Crippen molar-refractivity contribution in [3.05, 3.63) is 54.1 Å². The smallest absolute Gasteiger partial charge is 0.255 e. The van der Waals surface area contributed by atoms with Gasteiger partial charge in [-0.15, -0.1) is 0 Å². The van der Waals surface area contributed by atoms with Crippen LogP contribution < -0.4 is 10.2 Å². The fraction of sp³-hybridized carbons (Fsp3) is 0.391. The van der Waals surface area contributed by atoms with E-state index >= 15 is 0 Å². The van der Waals surface area contributed by atoms with E-state index < -0.39 is 10.0 Å². The summed E-state index contributed by atoms with van der Waals surface area (Å²) >= 11 is 0. The van der Waals surface area contributed by atoms with E-state index in [1.54, 1.807) is 41.3 Å². The zero-order valence-corrected chi connectivity index (χ0v) is 18.4. The summed E-state index contributed by atoms with van der Waals surface area (Å²) in [5.74, 6) is 0.361. The summed E-state index contributed by atoms with van der Waals surface area (Å²) in [5, 5.41) is 2.79. The van der Waals surface area contributed by atoms with Crippen molar-refractivity contribution in [2.75, 3.05) is 29.9 Å². The Morgan fingerprint density at radius 3 is 2.19 bits per heavy atom. The van der Waals surface area contributed by atoms with Crippen LogP contribution in [-0.4, -0.2) is 44.2 Å². The zero-order valence-electron chi connectivity index (χ0n) is 17.6. The lowest BCUT2D eigenvalue weighted by molar-refractivity contribution is -0.117. The number of carbonyl (C=O) groups excluding carboxylic acids is 2. The Labute approximate surface area is 183 Å². The van der Waals surface area contributed by atoms with Crippen molar-refractivity contribution in [1.82, 2.24) is 4.31 Å². The highest BCUT2D eigenvalue weighted by Gasteiger charge is 2.28. The maximum Gasteiger partial charge on any atom is 0.255 e. The van der Waals surface area contributed by atoms with E-state index in [1.165, 1.54) is 16.4 Å². The summed E-state index contributed by atoms with van der Waals surface area (Å²) in [6.45, 7) is 3.93. The molecule has 0 bridgehead atoms. The van der Waals surface area contributed by atoms with E-state index in [-0.39, 0.29) is 16.7 Å². The molecule has 0 saturated carbocycles. The van der Waals surface area contributed by atoms with Gasteiger partial charge in [0.05, 0.1) is 4.90 Å². The first-order chi connectivity index (χ1) is 14.8. The Morgan fingerprint density at radius 1 is 0.968 bits per heavy atom. The Hall–Kier alpha value is -2.71. The molecule has 4 rings (SSSR count). The Balaban J connectivity index is 1.40. The number of nitrogens with one attached hydrogen (secondary N) is 1. The molecule has 0 atom stereocenters. The predicted octanol–water partition coefficient (Wildman–Crippen LogP) is 3.49. The van der Waals surface area contributed by atoms with Crippen molar-refractivity contribution in [1.29, 1.82) is 0 Å². The summed E-state index contributed by atoms with van der Waals surface area (Å²) in [7, 11) is -3.51. The highest BCUT2D eigenvalue weighted by molar-refractivity contribution is 7.89. The molecule has 2 amide bonds. The molecular formula is C23H27N3O4S. The van der Waals surface area contributed by atoms with Gasteiger partial charge in [-0.25, -0.2) is 8.42 Å². The van der Waals surface area contributed by atoms with Gasteiger partial charge in [-0.1, -0.05) is 6.92 Å². The van der Waals surface area contributed by atoms with Crippen LogP contribution in [0.4, 0.5) is 11.4 Å². The van der Waals surface area contributed by atoms with E-state index in [1.807, 2.05) is 0 Å².